The number of rotatable bonds is 11. The summed E-state index contributed by atoms with van der Waals surface area (Å²) in [5, 5.41) is 0. The standard InChI is InChI=1S/C23H31NO2.C12H19NO3.CH4/c1-14(2)26-16-6-7-17-15(12-16)8-10-21(3)20(17)18(24)13-22(4)19(25)9-11-23(21,22)5;13-6-7-14-8-9-15-10-11-16-12-4-2-1-3-5-12;/h6-7,12,18,20H,1,8-11,13,24H2,2-5H3;1-5H,6-11,13H2;1H4/t18?,20-,21?,22?,23-;;/m0../s1. The molecule has 7 heteroatoms. The highest BCUT2D eigenvalue weighted by Gasteiger charge is 2.68. The lowest BCUT2D eigenvalue weighted by atomic mass is 9.40. The Balaban J connectivity index is 0.000000259. The van der Waals surface area contributed by atoms with Crippen molar-refractivity contribution in [1.82, 2.24) is 0 Å². The summed E-state index contributed by atoms with van der Waals surface area (Å²) < 4.78 is 21.6. The maximum absolute atomic E-state index is 12.8. The Morgan fingerprint density at radius 2 is 1.60 bits per heavy atom. The van der Waals surface area contributed by atoms with Gasteiger partial charge in [0.2, 0.25) is 0 Å². The molecule has 0 bridgehead atoms. The molecule has 7 nitrogen and oxygen atoms in total. The Hall–Kier alpha value is -2.71. The van der Waals surface area contributed by atoms with E-state index < -0.39 is 0 Å². The minimum absolute atomic E-state index is 0. The van der Waals surface area contributed by atoms with Crippen LogP contribution in [0.25, 0.3) is 0 Å². The van der Waals surface area contributed by atoms with Crippen molar-refractivity contribution in [2.75, 3.05) is 39.6 Å². The molecule has 2 fully saturated rings. The molecule has 43 heavy (non-hydrogen) atoms. The van der Waals surface area contributed by atoms with Gasteiger partial charge in [0.15, 0.2) is 0 Å². The van der Waals surface area contributed by atoms with Gasteiger partial charge < -0.3 is 30.4 Å². The topological polar surface area (TPSA) is 106 Å². The summed E-state index contributed by atoms with van der Waals surface area (Å²) in [6.45, 7) is 16.1. The molecule has 5 rings (SSSR count). The van der Waals surface area contributed by atoms with Crippen molar-refractivity contribution in [2.24, 2.45) is 27.7 Å². The van der Waals surface area contributed by atoms with Gasteiger partial charge >= 0.3 is 0 Å². The first-order valence-corrected chi connectivity index (χ1v) is 15.3. The molecule has 0 aliphatic heterocycles. The van der Waals surface area contributed by atoms with Gasteiger partial charge in [0.05, 0.1) is 32.2 Å². The van der Waals surface area contributed by atoms with Crippen LogP contribution in [0.5, 0.6) is 11.5 Å². The van der Waals surface area contributed by atoms with Crippen molar-refractivity contribution in [3.8, 4) is 11.5 Å². The van der Waals surface area contributed by atoms with Gasteiger partial charge in [-0.2, -0.15) is 0 Å². The van der Waals surface area contributed by atoms with Crippen LogP contribution >= 0.6 is 0 Å². The number of carbonyl (C=O) groups excluding carboxylic acids is 1. The van der Waals surface area contributed by atoms with Crippen LogP contribution in [0.15, 0.2) is 60.9 Å². The minimum atomic E-state index is -0.280. The Labute approximate surface area is 259 Å². The lowest BCUT2D eigenvalue weighted by molar-refractivity contribution is -0.147. The van der Waals surface area contributed by atoms with Crippen molar-refractivity contribution in [1.29, 1.82) is 0 Å². The number of nitrogens with two attached hydrogens (primary N) is 2. The fourth-order valence-corrected chi connectivity index (χ4v) is 7.79. The van der Waals surface area contributed by atoms with E-state index in [1.54, 1.807) is 0 Å². The number of aryl methyl sites for hydroxylation is 1. The Morgan fingerprint density at radius 3 is 2.28 bits per heavy atom. The van der Waals surface area contributed by atoms with Crippen LogP contribution < -0.4 is 20.9 Å². The number of ketones is 1. The van der Waals surface area contributed by atoms with E-state index in [1.165, 1.54) is 11.1 Å². The van der Waals surface area contributed by atoms with Gasteiger partial charge in [-0.1, -0.05) is 59.0 Å². The average Bonchev–Trinajstić information content (AvgIpc) is 3.20. The second-order valence-corrected chi connectivity index (χ2v) is 12.7. The Bertz CT molecular complexity index is 1220. The largest absolute Gasteiger partial charge is 0.491 e. The third kappa shape index (κ3) is 7.17. The predicted molar refractivity (Wildman–Crippen MR) is 173 cm³/mol. The molecule has 0 aromatic heterocycles. The smallest absolute Gasteiger partial charge is 0.139 e. The van der Waals surface area contributed by atoms with E-state index in [2.05, 4.69) is 39.5 Å². The number of benzene rings is 2. The van der Waals surface area contributed by atoms with Crippen LogP contribution in [0.3, 0.4) is 0 Å². The van der Waals surface area contributed by atoms with Crippen molar-refractivity contribution in [3.05, 3.63) is 72.0 Å². The zero-order valence-electron chi connectivity index (χ0n) is 26.0. The molecule has 3 aliphatic carbocycles. The average molecular weight is 595 g/mol. The number of allylic oxidation sites excluding steroid dienone is 1. The summed E-state index contributed by atoms with van der Waals surface area (Å²) in [5.74, 6) is 3.15. The van der Waals surface area contributed by atoms with E-state index in [1.807, 2.05) is 43.3 Å². The molecule has 2 aromatic carbocycles. The first kappa shape index (κ1) is 34.8. The van der Waals surface area contributed by atoms with E-state index in [-0.39, 0.29) is 29.7 Å². The fourth-order valence-electron chi connectivity index (χ4n) is 7.79. The summed E-state index contributed by atoms with van der Waals surface area (Å²) in [5.41, 5.74) is 14.5. The zero-order chi connectivity index (χ0) is 30.4. The molecule has 0 saturated heterocycles. The normalized spacial score (nSPS) is 28.7. The van der Waals surface area contributed by atoms with E-state index in [0.717, 1.165) is 37.2 Å². The van der Waals surface area contributed by atoms with Crippen LogP contribution in [0, 0.1) is 16.2 Å². The number of hydrogen-bond donors (Lipinski definition) is 2. The van der Waals surface area contributed by atoms with Gasteiger partial charge in [0.25, 0.3) is 0 Å². The highest BCUT2D eigenvalue weighted by atomic mass is 16.5. The molecular weight excluding hydrogens is 540 g/mol. The maximum atomic E-state index is 12.8. The van der Waals surface area contributed by atoms with E-state index in [0.29, 0.717) is 63.5 Å². The zero-order valence-corrected chi connectivity index (χ0v) is 26.0. The molecule has 0 spiro atoms. The van der Waals surface area contributed by atoms with Crippen LogP contribution in [0.4, 0.5) is 0 Å². The van der Waals surface area contributed by atoms with Crippen molar-refractivity contribution in [2.45, 2.75) is 79.2 Å². The minimum Gasteiger partial charge on any atom is -0.491 e. The van der Waals surface area contributed by atoms with Gasteiger partial charge in [-0.25, -0.2) is 0 Å². The second kappa shape index (κ2) is 14.8. The molecule has 0 radical (unpaired) electrons. The molecule has 3 aliphatic rings. The van der Waals surface area contributed by atoms with Gasteiger partial charge in [-0.3, -0.25) is 4.79 Å². The van der Waals surface area contributed by atoms with Gasteiger partial charge in [0.1, 0.15) is 23.9 Å². The number of carbonyl (C=O) groups is 1. The second-order valence-electron chi connectivity index (χ2n) is 12.7. The first-order valence-electron chi connectivity index (χ1n) is 15.3. The summed E-state index contributed by atoms with van der Waals surface area (Å²) in [6.07, 6.45) is 4.59. The Morgan fingerprint density at radius 1 is 0.930 bits per heavy atom. The van der Waals surface area contributed by atoms with Crippen molar-refractivity contribution in [3.63, 3.8) is 0 Å². The monoisotopic (exact) mass is 594 g/mol. The maximum Gasteiger partial charge on any atom is 0.139 e. The summed E-state index contributed by atoms with van der Waals surface area (Å²) in [6, 6.07) is 16.1. The summed E-state index contributed by atoms with van der Waals surface area (Å²) >= 11 is 0. The highest BCUT2D eigenvalue weighted by molar-refractivity contribution is 5.88. The van der Waals surface area contributed by atoms with Crippen LogP contribution in [-0.4, -0.2) is 51.4 Å². The van der Waals surface area contributed by atoms with E-state index in [4.69, 9.17) is 30.4 Å². The first-order chi connectivity index (χ1) is 20.1. The van der Waals surface area contributed by atoms with E-state index >= 15 is 0 Å². The number of hydrogen-bond acceptors (Lipinski definition) is 7. The third-order valence-corrected chi connectivity index (χ3v) is 10.2. The fraction of sp³-hybridized carbons (Fsp3) is 0.583. The molecule has 2 aromatic rings. The van der Waals surface area contributed by atoms with Crippen LogP contribution in [0.1, 0.15) is 77.8 Å². The molecular formula is C36H54N2O5. The van der Waals surface area contributed by atoms with Gasteiger partial charge in [-0.05, 0) is 78.8 Å². The number of para-hydroxylation sites is 1. The van der Waals surface area contributed by atoms with Crippen molar-refractivity contribution >= 4 is 5.78 Å². The molecule has 238 valence electrons. The Kier molecular flexibility index (Phi) is 12.0. The molecule has 2 saturated carbocycles. The lowest BCUT2D eigenvalue weighted by Crippen LogP contribution is -2.62. The highest BCUT2D eigenvalue weighted by Crippen LogP contribution is 2.72. The number of fused-ring (bicyclic) bond motifs is 5. The predicted octanol–water partition coefficient (Wildman–Crippen LogP) is 6.44. The number of ether oxygens (including phenoxy) is 4. The summed E-state index contributed by atoms with van der Waals surface area (Å²) in [7, 11) is 0. The molecule has 5 atom stereocenters. The third-order valence-electron chi connectivity index (χ3n) is 10.2. The van der Waals surface area contributed by atoms with Gasteiger partial charge in [0, 0.05) is 30.3 Å². The van der Waals surface area contributed by atoms with E-state index in [9.17, 15) is 4.79 Å². The quantitative estimate of drug-likeness (QED) is 0.228. The number of Topliss-reactive ketones (excluding diaryl/α,β-unsaturated/α-hetero) is 1. The SMILES string of the molecule is C.C=C(C)Oc1ccc2c(c1)CCC1(C)[C@@H]2C(N)CC2(C)C(=O)CC[C@]21C.NCCOCCOCCOc1ccccc1. The molecule has 4 N–H and O–H groups in total. The lowest BCUT2D eigenvalue weighted by Gasteiger charge is -2.64. The molecule has 0 amide bonds. The summed E-state index contributed by atoms with van der Waals surface area (Å²) in [4.78, 5) is 12.8. The van der Waals surface area contributed by atoms with Gasteiger partial charge in [-0.15, -0.1) is 0 Å². The molecule has 3 unspecified atom stereocenters. The van der Waals surface area contributed by atoms with Crippen LogP contribution in [0.2, 0.25) is 0 Å². The molecule has 0 heterocycles. The van der Waals surface area contributed by atoms with Crippen molar-refractivity contribution < 1.29 is 23.7 Å². The van der Waals surface area contributed by atoms with Crippen LogP contribution in [-0.2, 0) is 20.7 Å².